The van der Waals surface area contributed by atoms with Gasteiger partial charge in [-0.25, -0.2) is 8.42 Å². The Morgan fingerprint density at radius 1 is 1.05 bits per heavy atom. The second-order valence-corrected chi connectivity index (χ2v) is 6.60. The van der Waals surface area contributed by atoms with Crippen molar-refractivity contribution in [2.75, 3.05) is 7.11 Å². The monoisotopic (exact) mass is 315 g/mol. The lowest BCUT2D eigenvalue weighted by molar-refractivity contribution is 0.112. The number of benzene rings is 2. The summed E-state index contributed by atoms with van der Waals surface area (Å²) in [6.45, 7) is 0. The number of aldehydes is 1. The highest BCUT2D eigenvalue weighted by Crippen LogP contribution is 2.29. The number of nitrogens with one attached hydrogen (secondary N) is 1. The Kier molecular flexibility index (Phi) is 3.46. The van der Waals surface area contributed by atoms with Crippen LogP contribution in [0.1, 0.15) is 10.4 Å². The highest BCUT2D eigenvalue weighted by Gasteiger charge is 2.25. The topological polar surface area (TPSA) is 76.2 Å². The van der Waals surface area contributed by atoms with Crippen LogP contribution in [0.3, 0.4) is 0 Å². The van der Waals surface area contributed by atoms with Crippen LogP contribution in [-0.4, -0.2) is 26.8 Å². The SMILES string of the molecule is COc1ccc(S(=O)(=O)c2[nH]c3ccccc3c2C=O)cc1. The van der Waals surface area contributed by atoms with E-state index in [1.54, 1.807) is 36.4 Å². The fraction of sp³-hybridized carbons (Fsp3) is 0.0625. The van der Waals surface area contributed by atoms with Crippen LogP contribution >= 0.6 is 0 Å². The van der Waals surface area contributed by atoms with Crippen LogP contribution in [0.15, 0.2) is 58.5 Å². The van der Waals surface area contributed by atoms with Crippen molar-refractivity contribution in [3.05, 3.63) is 54.1 Å². The van der Waals surface area contributed by atoms with Gasteiger partial charge in [0, 0.05) is 10.9 Å². The third-order valence-electron chi connectivity index (χ3n) is 3.47. The predicted octanol–water partition coefficient (Wildman–Crippen LogP) is 2.82. The lowest BCUT2D eigenvalue weighted by atomic mass is 10.2. The number of fused-ring (bicyclic) bond motifs is 1. The largest absolute Gasteiger partial charge is 0.497 e. The first-order chi connectivity index (χ1) is 10.6. The highest BCUT2D eigenvalue weighted by molar-refractivity contribution is 7.91. The molecule has 0 aliphatic rings. The van der Waals surface area contributed by atoms with Crippen LogP contribution < -0.4 is 4.74 Å². The molecule has 112 valence electrons. The Balaban J connectivity index is 2.22. The van der Waals surface area contributed by atoms with Gasteiger partial charge in [0.25, 0.3) is 0 Å². The summed E-state index contributed by atoms with van der Waals surface area (Å²) in [5, 5.41) is 0.499. The Morgan fingerprint density at radius 2 is 1.73 bits per heavy atom. The highest BCUT2D eigenvalue weighted by atomic mass is 32.2. The van der Waals surface area contributed by atoms with Crippen molar-refractivity contribution >= 4 is 27.0 Å². The number of aromatic nitrogens is 1. The summed E-state index contributed by atoms with van der Waals surface area (Å²) in [6, 6.07) is 13.0. The molecule has 1 aromatic heterocycles. The average Bonchev–Trinajstić information content (AvgIpc) is 2.94. The lowest BCUT2D eigenvalue weighted by Gasteiger charge is -2.05. The third-order valence-corrected chi connectivity index (χ3v) is 5.22. The maximum absolute atomic E-state index is 12.8. The number of rotatable bonds is 4. The smallest absolute Gasteiger partial charge is 0.222 e. The van der Waals surface area contributed by atoms with Gasteiger partial charge in [0.05, 0.1) is 17.6 Å². The quantitative estimate of drug-likeness (QED) is 0.751. The Morgan fingerprint density at radius 3 is 2.36 bits per heavy atom. The van der Waals surface area contributed by atoms with Gasteiger partial charge in [-0.2, -0.15) is 0 Å². The van der Waals surface area contributed by atoms with Crippen molar-refractivity contribution in [3.63, 3.8) is 0 Å². The van der Waals surface area contributed by atoms with Gasteiger partial charge in [0.2, 0.25) is 9.84 Å². The first-order valence-corrected chi connectivity index (χ1v) is 8.01. The predicted molar refractivity (Wildman–Crippen MR) is 82.1 cm³/mol. The van der Waals surface area contributed by atoms with E-state index in [4.69, 9.17) is 4.74 Å². The molecule has 2 aromatic carbocycles. The minimum absolute atomic E-state index is 0.0890. The number of para-hydroxylation sites is 1. The van der Waals surface area contributed by atoms with Gasteiger partial charge in [-0.1, -0.05) is 18.2 Å². The number of carbonyl (C=O) groups excluding carboxylic acids is 1. The van der Waals surface area contributed by atoms with E-state index in [1.807, 2.05) is 0 Å². The van der Waals surface area contributed by atoms with Crippen molar-refractivity contribution in [2.45, 2.75) is 9.92 Å². The number of hydrogen-bond acceptors (Lipinski definition) is 4. The fourth-order valence-corrected chi connectivity index (χ4v) is 3.76. The summed E-state index contributed by atoms with van der Waals surface area (Å²) in [7, 11) is -2.31. The Bertz CT molecular complexity index is 940. The number of sulfone groups is 1. The summed E-state index contributed by atoms with van der Waals surface area (Å²) in [5.41, 5.74) is 0.753. The van der Waals surface area contributed by atoms with E-state index in [-0.39, 0.29) is 15.5 Å². The molecule has 22 heavy (non-hydrogen) atoms. The van der Waals surface area contributed by atoms with Crippen LogP contribution in [0.4, 0.5) is 0 Å². The zero-order valence-corrected chi connectivity index (χ0v) is 12.6. The van der Waals surface area contributed by atoms with E-state index in [0.717, 1.165) is 0 Å². The molecular weight excluding hydrogens is 302 g/mol. The molecule has 0 radical (unpaired) electrons. The molecule has 3 rings (SSSR count). The molecule has 1 N–H and O–H groups in total. The van der Waals surface area contributed by atoms with Crippen molar-refractivity contribution in [3.8, 4) is 5.75 Å². The van der Waals surface area contributed by atoms with Gasteiger partial charge >= 0.3 is 0 Å². The molecule has 3 aromatic rings. The van der Waals surface area contributed by atoms with Crippen molar-refractivity contribution in [1.29, 1.82) is 0 Å². The second kappa shape index (κ2) is 5.31. The van der Waals surface area contributed by atoms with E-state index < -0.39 is 9.84 Å². The van der Waals surface area contributed by atoms with Gasteiger partial charge < -0.3 is 9.72 Å². The number of aromatic amines is 1. The van der Waals surface area contributed by atoms with E-state index in [9.17, 15) is 13.2 Å². The van der Waals surface area contributed by atoms with Crippen LogP contribution in [0.2, 0.25) is 0 Å². The number of H-pyrrole nitrogens is 1. The van der Waals surface area contributed by atoms with Crippen LogP contribution in [-0.2, 0) is 9.84 Å². The molecule has 0 aliphatic heterocycles. The molecule has 0 aliphatic carbocycles. The summed E-state index contributed by atoms with van der Waals surface area (Å²) < 4.78 is 30.5. The molecule has 0 spiro atoms. The molecular formula is C16H13NO4S. The maximum atomic E-state index is 12.8. The molecule has 5 nitrogen and oxygen atoms in total. The number of methoxy groups -OCH3 is 1. The standard InChI is InChI=1S/C16H13NO4S/c1-21-11-6-8-12(9-7-11)22(19,20)16-14(10-18)13-4-2-3-5-15(13)17-16/h2-10,17H,1H3. The van der Waals surface area contributed by atoms with E-state index in [0.29, 0.717) is 22.9 Å². The number of hydrogen-bond donors (Lipinski definition) is 1. The first-order valence-electron chi connectivity index (χ1n) is 6.53. The minimum atomic E-state index is -3.81. The minimum Gasteiger partial charge on any atom is -0.497 e. The van der Waals surface area contributed by atoms with E-state index >= 15 is 0 Å². The molecule has 1 heterocycles. The molecule has 6 heteroatoms. The van der Waals surface area contributed by atoms with Crippen molar-refractivity contribution in [1.82, 2.24) is 4.98 Å². The summed E-state index contributed by atoms with van der Waals surface area (Å²) in [4.78, 5) is 14.3. The van der Waals surface area contributed by atoms with Crippen LogP contribution in [0.5, 0.6) is 5.75 Å². The van der Waals surface area contributed by atoms with Gasteiger partial charge in [0.15, 0.2) is 6.29 Å². The first kappa shape index (κ1) is 14.3. The van der Waals surface area contributed by atoms with E-state index in [2.05, 4.69) is 4.98 Å². The van der Waals surface area contributed by atoms with Crippen LogP contribution in [0.25, 0.3) is 10.9 Å². The summed E-state index contributed by atoms with van der Waals surface area (Å²) in [6.07, 6.45) is 0.565. The zero-order valence-electron chi connectivity index (χ0n) is 11.7. The number of carbonyl (C=O) groups is 1. The summed E-state index contributed by atoms with van der Waals surface area (Å²) in [5.74, 6) is 0.561. The molecule has 0 atom stereocenters. The Hall–Kier alpha value is -2.60. The number of ether oxygens (including phenoxy) is 1. The van der Waals surface area contributed by atoms with E-state index in [1.165, 1.54) is 19.2 Å². The Labute approximate surface area is 127 Å². The molecule has 0 fully saturated rings. The van der Waals surface area contributed by atoms with Gasteiger partial charge in [-0.3, -0.25) is 4.79 Å². The van der Waals surface area contributed by atoms with Crippen LogP contribution in [0, 0.1) is 0 Å². The van der Waals surface area contributed by atoms with Crippen molar-refractivity contribution in [2.24, 2.45) is 0 Å². The second-order valence-electron chi connectivity index (χ2n) is 4.71. The molecule has 0 saturated heterocycles. The average molecular weight is 315 g/mol. The molecule has 0 unspecified atom stereocenters. The zero-order chi connectivity index (χ0) is 15.7. The molecule has 0 saturated carbocycles. The third kappa shape index (κ3) is 2.17. The molecule has 0 amide bonds. The summed E-state index contributed by atoms with van der Waals surface area (Å²) >= 11 is 0. The van der Waals surface area contributed by atoms with Crippen molar-refractivity contribution < 1.29 is 17.9 Å². The maximum Gasteiger partial charge on any atom is 0.222 e. The fourth-order valence-electron chi connectivity index (χ4n) is 2.34. The normalized spacial score (nSPS) is 11.5. The van der Waals surface area contributed by atoms with Gasteiger partial charge in [0.1, 0.15) is 10.8 Å². The lowest BCUT2D eigenvalue weighted by Crippen LogP contribution is -2.05. The van der Waals surface area contributed by atoms with Gasteiger partial charge in [-0.05, 0) is 30.3 Å². The van der Waals surface area contributed by atoms with Gasteiger partial charge in [-0.15, -0.1) is 0 Å². The molecule has 0 bridgehead atoms.